The molecule has 1 N–H and O–H groups in total. The van der Waals surface area contributed by atoms with Gasteiger partial charge in [-0.2, -0.15) is 8.42 Å². The van der Waals surface area contributed by atoms with E-state index in [9.17, 15) is 8.42 Å². The minimum Gasteiger partial charge on any atom is -0.353 e. The first kappa shape index (κ1) is 16.0. The second-order valence-electron chi connectivity index (χ2n) is 5.95. The molecule has 0 fully saturated rings. The largest absolute Gasteiger partial charge is 0.353 e. The van der Waals surface area contributed by atoms with Crippen LogP contribution < -0.4 is 5.32 Å². The molecule has 2 aromatic carbocycles. The zero-order valence-corrected chi connectivity index (χ0v) is 14.2. The topological polar surface area (TPSA) is 55.4 Å². The first-order valence-electron chi connectivity index (χ1n) is 7.78. The van der Waals surface area contributed by atoms with Crippen molar-refractivity contribution in [1.82, 2.24) is 0 Å². The van der Waals surface area contributed by atoms with Crippen LogP contribution in [0.2, 0.25) is 0 Å². The van der Waals surface area contributed by atoms with Gasteiger partial charge >= 0.3 is 0 Å². The predicted octanol–water partition coefficient (Wildman–Crippen LogP) is 3.44. The van der Waals surface area contributed by atoms with Crippen LogP contribution in [0.5, 0.6) is 0 Å². The third-order valence-corrected chi connectivity index (χ3v) is 4.78. The van der Waals surface area contributed by atoms with Gasteiger partial charge < -0.3 is 5.32 Å². The van der Waals surface area contributed by atoms with Crippen LogP contribution in [-0.2, 0) is 32.9 Å². The van der Waals surface area contributed by atoms with E-state index in [0.29, 0.717) is 6.42 Å². The average molecular weight is 331 g/mol. The summed E-state index contributed by atoms with van der Waals surface area (Å²) in [5, 5.41) is 3.33. The Bertz CT molecular complexity index is 802. The van der Waals surface area contributed by atoms with Crippen LogP contribution >= 0.6 is 0 Å². The van der Waals surface area contributed by atoms with E-state index in [1.165, 1.54) is 11.1 Å². The van der Waals surface area contributed by atoms with E-state index in [1.807, 2.05) is 36.4 Å². The molecular weight excluding hydrogens is 310 g/mol. The fraction of sp³-hybridized carbons (Fsp3) is 0.333. The highest BCUT2D eigenvalue weighted by Crippen LogP contribution is 2.39. The second kappa shape index (κ2) is 5.98. The number of nitrogens with one attached hydrogen (secondary N) is 1. The Hall–Kier alpha value is -1.85. The quantitative estimate of drug-likeness (QED) is 0.872. The van der Waals surface area contributed by atoms with Crippen LogP contribution in [0.15, 0.2) is 48.5 Å². The lowest BCUT2D eigenvalue weighted by Gasteiger charge is -2.39. The van der Waals surface area contributed by atoms with Crippen molar-refractivity contribution >= 4 is 15.8 Å². The lowest BCUT2D eigenvalue weighted by Crippen LogP contribution is -2.43. The Kier molecular flexibility index (Phi) is 4.17. The highest BCUT2D eigenvalue weighted by atomic mass is 32.2. The molecule has 1 atom stereocenters. The Labute approximate surface area is 137 Å². The number of benzene rings is 2. The first-order chi connectivity index (χ1) is 10.9. The fourth-order valence-electron chi connectivity index (χ4n) is 3.08. The number of hydrogen-bond acceptors (Lipinski definition) is 4. The van der Waals surface area contributed by atoms with E-state index in [1.54, 1.807) is 0 Å². The van der Waals surface area contributed by atoms with Gasteiger partial charge in [-0.1, -0.05) is 49.4 Å². The normalized spacial score (nSPS) is 20.6. The number of anilines is 1. The van der Waals surface area contributed by atoms with Crippen molar-refractivity contribution in [2.24, 2.45) is 0 Å². The van der Waals surface area contributed by atoms with Crippen molar-refractivity contribution in [2.45, 2.75) is 31.9 Å². The molecule has 0 aromatic heterocycles. The highest BCUT2D eigenvalue weighted by molar-refractivity contribution is 7.86. The Morgan fingerprint density at radius 1 is 1.17 bits per heavy atom. The molecule has 0 amide bonds. The molecule has 1 aliphatic heterocycles. The van der Waals surface area contributed by atoms with Gasteiger partial charge in [-0.3, -0.25) is 0 Å². The lowest BCUT2D eigenvalue weighted by molar-refractivity contribution is 0.0928. The number of aryl methyl sites for hydroxylation is 2. The summed E-state index contributed by atoms with van der Waals surface area (Å²) in [7, 11) is -3.61. The maximum atomic E-state index is 11.8. The molecule has 122 valence electrons. The van der Waals surface area contributed by atoms with Gasteiger partial charge in [-0.15, -0.1) is 0 Å². The van der Waals surface area contributed by atoms with Gasteiger partial charge in [0.15, 0.2) is 5.72 Å². The minimum absolute atomic E-state index is 0.560. The fourth-order valence-corrected chi connectivity index (χ4v) is 3.82. The number of fused-ring (bicyclic) bond motifs is 1. The van der Waals surface area contributed by atoms with E-state index in [0.717, 1.165) is 30.3 Å². The van der Waals surface area contributed by atoms with Crippen molar-refractivity contribution in [2.75, 3.05) is 11.6 Å². The van der Waals surface area contributed by atoms with E-state index in [2.05, 4.69) is 24.4 Å². The molecule has 2 aromatic rings. The Morgan fingerprint density at radius 2 is 1.91 bits per heavy atom. The molecule has 1 unspecified atom stereocenters. The zero-order valence-electron chi connectivity index (χ0n) is 13.4. The van der Waals surface area contributed by atoms with Crippen LogP contribution in [0.25, 0.3) is 0 Å². The molecule has 0 bridgehead atoms. The van der Waals surface area contributed by atoms with Crippen molar-refractivity contribution in [1.29, 1.82) is 0 Å². The van der Waals surface area contributed by atoms with Crippen LogP contribution in [0.3, 0.4) is 0 Å². The average Bonchev–Trinajstić information content (AvgIpc) is 2.53. The molecule has 23 heavy (non-hydrogen) atoms. The first-order valence-corrected chi connectivity index (χ1v) is 9.60. The van der Waals surface area contributed by atoms with E-state index in [-0.39, 0.29) is 0 Å². The third kappa shape index (κ3) is 3.41. The van der Waals surface area contributed by atoms with Crippen molar-refractivity contribution < 1.29 is 12.6 Å². The van der Waals surface area contributed by atoms with Crippen LogP contribution in [-0.4, -0.2) is 14.7 Å². The van der Waals surface area contributed by atoms with Gasteiger partial charge in [0.05, 0.1) is 6.26 Å². The van der Waals surface area contributed by atoms with Gasteiger partial charge in [-0.25, -0.2) is 4.18 Å². The third-order valence-electron chi connectivity index (χ3n) is 4.19. The summed E-state index contributed by atoms with van der Waals surface area (Å²) < 4.78 is 29.2. The van der Waals surface area contributed by atoms with Crippen molar-refractivity contribution in [3.8, 4) is 0 Å². The van der Waals surface area contributed by atoms with Gasteiger partial charge in [0.2, 0.25) is 0 Å². The molecule has 0 spiro atoms. The zero-order chi connectivity index (χ0) is 16.5. The molecular formula is C18H21NO3S. The predicted molar refractivity (Wildman–Crippen MR) is 91.8 cm³/mol. The molecule has 1 heterocycles. The smallest absolute Gasteiger partial charge is 0.266 e. The van der Waals surface area contributed by atoms with E-state index in [4.69, 9.17) is 4.18 Å². The molecule has 5 heteroatoms. The Balaban J connectivity index is 2.04. The summed E-state index contributed by atoms with van der Waals surface area (Å²) in [5.74, 6) is 0. The van der Waals surface area contributed by atoms with Crippen molar-refractivity contribution in [3.63, 3.8) is 0 Å². The molecule has 4 nitrogen and oxygen atoms in total. The summed E-state index contributed by atoms with van der Waals surface area (Å²) in [6.07, 6.45) is 3.40. The van der Waals surface area contributed by atoms with Crippen LogP contribution in [0.4, 0.5) is 5.69 Å². The van der Waals surface area contributed by atoms with Crippen LogP contribution in [0, 0.1) is 0 Å². The molecule has 0 saturated carbocycles. The molecule has 1 aliphatic rings. The van der Waals surface area contributed by atoms with E-state index < -0.39 is 15.8 Å². The summed E-state index contributed by atoms with van der Waals surface area (Å²) in [4.78, 5) is 0. The van der Waals surface area contributed by atoms with E-state index >= 15 is 0 Å². The summed E-state index contributed by atoms with van der Waals surface area (Å²) in [6, 6.07) is 15.7. The second-order valence-corrected chi connectivity index (χ2v) is 7.53. The summed E-state index contributed by atoms with van der Waals surface area (Å²) in [6.45, 7) is 2.12. The highest BCUT2D eigenvalue weighted by Gasteiger charge is 2.40. The molecule has 0 radical (unpaired) electrons. The molecule has 0 saturated heterocycles. The minimum atomic E-state index is -3.61. The summed E-state index contributed by atoms with van der Waals surface area (Å²) in [5.41, 5.74) is 3.18. The maximum absolute atomic E-state index is 11.8. The number of rotatable bonds is 4. The van der Waals surface area contributed by atoms with Gasteiger partial charge in [0.25, 0.3) is 10.1 Å². The summed E-state index contributed by atoms with van der Waals surface area (Å²) >= 11 is 0. The molecule has 3 rings (SSSR count). The number of hydrogen-bond donors (Lipinski definition) is 1. The Morgan fingerprint density at radius 3 is 2.57 bits per heavy atom. The maximum Gasteiger partial charge on any atom is 0.266 e. The lowest BCUT2D eigenvalue weighted by atomic mass is 9.89. The van der Waals surface area contributed by atoms with Crippen molar-refractivity contribution in [3.05, 3.63) is 65.2 Å². The van der Waals surface area contributed by atoms with Crippen LogP contribution in [0.1, 0.15) is 30.0 Å². The van der Waals surface area contributed by atoms with Gasteiger partial charge in [0, 0.05) is 17.7 Å². The standard InChI is InChI=1S/C18H21NO3S/c1-3-14-9-10-17-15(13-14)11-12-18(19-17,22-23(2,20)21)16-7-5-4-6-8-16/h4-10,13,19H,3,11-12H2,1-2H3. The van der Waals surface area contributed by atoms with Gasteiger partial charge in [-0.05, 0) is 30.0 Å². The van der Waals surface area contributed by atoms with Gasteiger partial charge in [0.1, 0.15) is 0 Å². The molecule has 0 aliphatic carbocycles. The monoisotopic (exact) mass is 331 g/mol. The SMILES string of the molecule is CCc1ccc2c(c1)CCC(OS(C)(=O)=O)(c1ccccc1)N2.